The van der Waals surface area contributed by atoms with Crippen molar-refractivity contribution < 1.29 is 0 Å². The summed E-state index contributed by atoms with van der Waals surface area (Å²) >= 11 is 0. The van der Waals surface area contributed by atoms with Gasteiger partial charge in [0.15, 0.2) is 0 Å². The smallest absolute Gasteiger partial charge is 0.125 e. The number of aryl methyl sites for hydroxylation is 2. The van der Waals surface area contributed by atoms with Crippen LogP contribution >= 0.6 is 0 Å². The van der Waals surface area contributed by atoms with E-state index < -0.39 is 0 Å². The van der Waals surface area contributed by atoms with Crippen molar-refractivity contribution >= 4 is 0 Å². The largest absolute Gasteiger partial charge is 0.241 e. The van der Waals surface area contributed by atoms with Gasteiger partial charge in [-0.25, -0.2) is 9.97 Å². The molecule has 17 heavy (non-hydrogen) atoms. The fraction of sp³-hybridized carbons (Fsp3) is 0.333. The van der Waals surface area contributed by atoms with Crippen molar-refractivity contribution in [3.05, 3.63) is 46.0 Å². The van der Waals surface area contributed by atoms with Crippen molar-refractivity contribution in [3.8, 4) is 11.1 Å². The molecule has 0 bridgehead atoms. The third kappa shape index (κ3) is 1.40. The van der Waals surface area contributed by atoms with Crippen LogP contribution in [-0.4, -0.2) is 9.97 Å². The molecule has 0 atom stereocenters. The van der Waals surface area contributed by atoms with Crippen LogP contribution in [-0.2, 0) is 6.42 Å². The molecule has 1 aliphatic rings. The molecule has 0 radical (unpaired) electrons. The van der Waals surface area contributed by atoms with E-state index in [0.29, 0.717) is 0 Å². The molecule has 0 N–H and O–H groups in total. The lowest BCUT2D eigenvalue weighted by Crippen LogP contribution is -1.94. The fourth-order valence-corrected chi connectivity index (χ4v) is 2.65. The standard InChI is InChI=1S/C15H16N2/c1-8-5-13-12(10(3)9(8)2)6-15-14(13)7-16-11(4)17-15/h5,7H,6H2,1-4H3. The Balaban J connectivity index is 2.30. The zero-order valence-corrected chi connectivity index (χ0v) is 10.8. The van der Waals surface area contributed by atoms with Gasteiger partial charge < -0.3 is 0 Å². The molecule has 0 fully saturated rings. The molecule has 0 unspecified atom stereocenters. The third-order valence-electron chi connectivity index (χ3n) is 3.92. The van der Waals surface area contributed by atoms with Crippen molar-refractivity contribution in [2.75, 3.05) is 0 Å². The van der Waals surface area contributed by atoms with Crippen molar-refractivity contribution in [3.63, 3.8) is 0 Å². The summed E-state index contributed by atoms with van der Waals surface area (Å²) in [6, 6.07) is 2.28. The van der Waals surface area contributed by atoms with E-state index >= 15 is 0 Å². The maximum absolute atomic E-state index is 4.56. The maximum Gasteiger partial charge on any atom is 0.125 e. The van der Waals surface area contributed by atoms with Crippen LogP contribution in [0.3, 0.4) is 0 Å². The predicted octanol–water partition coefficient (Wildman–Crippen LogP) is 3.28. The topological polar surface area (TPSA) is 25.8 Å². The second kappa shape index (κ2) is 3.39. The van der Waals surface area contributed by atoms with Crippen LogP contribution in [0.2, 0.25) is 0 Å². The van der Waals surface area contributed by atoms with E-state index in [0.717, 1.165) is 12.2 Å². The average molecular weight is 224 g/mol. The minimum absolute atomic E-state index is 0.864. The second-order valence-corrected chi connectivity index (χ2v) is 4.92. The van der Waals surface area contributed by atoms with E-state index in [1.807, 2.05) is 13.1 Å². The predicted molar refractivity (Wildman–Crippen MR) is 69.2 cm³/mol. The molecule has 2 aromatic rings. The van der Waals surface area contributed by atoms with Crippen molar-refractivity contribution in [2.45, 2.75) is 34.1 Å². The number of rotatable bonds is 0. The van der Waals surface area contributed by atoms with Gasteiger partial charge in [-0.1, -0.05) is 6.07 Å². The average Bonchev–Trinajstić information content (AvgIpc) is 2.64. The fourth-order valence-electron chi connectivity index (χ4n) is 2.65. The van der Waals surface area contributed by atoms with Gasteiger partial charge in [0, 0.05) is 18.2 Å². The first-order valence-corrected chi connectivity index (χ1v) is 6.00. The highest BCUT2D eigenvalue weighted by molar-refractivity contribution is 5.77. The van der Waals surface area contributed by atoms with Crippen LogP contribution < -0.4 is 0 Å². The van der Waals surface area contributed by atoms with Gasteiger partial charge >= 0.3 is 0 Å². The Labute approximate surface area is 102 Å². The van der Waals surface area contributed by atoms with Crippen LogP contribution in [0.15, 0.2) is 12.3 Å². The Kier molecular flexibility index (Phi) is 2.09. The molecule has 2 nitrogen and oxygen atoms in total. The summed E-state index contributed by atoms with van der Waals surface area (Å²) in [6.45, 7) is 8.54. The van der Waals surface area contributed by atoms with E-state index in [1.165, 1.54) is 39.1 Å². The van der Waals surface area contributed by atoms with Crippen LogP contribution in [0.5, 0.6) is 0 Å². The van der Waals surface area contributed by atoms with Gasteiger partial charge in [-0.2, -0.15) is 0 Å². The normalized spacial score (nSPS) is 12.5. The number of hydrogen-bond donors (Lipinski definition) is 0. The highest BCUT2D eigenvalue weighted by Crippen LogP contribution is 2.38. The summed E-state index contributed by atoms with van der Waals surface area (Å²) in [5, 5.41) is 0. The van der Waals surface area contributed by atoms with E-state index in [9.17, 15) is 0 Å². The molecule has 0 aliphatic heterocycles. The first-order valence-electron chi connectivity index (χ1n) is 6.00. The monoisotopic (exact) mass is 224 g/mol. The minimum atomic E-state index is 0.864. The molecule has 0 spiro atoms. The van der Waals surface area contributed by atoms with Gasteiger partial charge in [-0.15, -0.1) is 0 Å². The van der Waals surface area contributed by atoms with Crippen LogP contribution in [0, 0.1) is 27.7 Å². The van der Waals surface area contributed by atoms with Crippen LogP contribution in [0.1, 0.15) is 33.8 Å². The number of fused-ring (bicyclic) bond motifs is 3. The zero-order chi connectivity index (χ0) is 12.2. The lowest BCUT2D eigenvalue weighted by Gasteiger charge is -2.10. The SMILES string of the molecule is Cc1ncc2c(n1)Cc1c-2cc(C)c(C)c1C. The van der Waals surface area contributed by atoms with Gasteiger partial charge in [0.25, 0.3) is 0 Å². The Hall–Kier alpha value is -1.70. The minimum Gasteiger partial charge on any atom is -0.241 e. The van der Waals surface area contributed by atoms with E-state index in [-0.39, 0.29) is 0 Å². The highest BCUT2D eigenvalue weighted by atomic mass is 14.9. The van der Waals surface area contributed by atoms with E-state index in [1.54, 1.807) is 0 Å². The summed E-state index contributed by atoms with van der Waals surface area (Å²) in [5.41, 5.74) is 9.34. The third-order valence-corrected chi connectivity index (χ3v) is 3.92. The van der Waals surface area contributed by atoms with Gasteiger partial charge in [-0.05, 0) is 55.5 Å². The van der Waals surface area contributed by atoms with Gasteiger partial charge in [0.1, 0.15) is 5.82 Å². The molecule has 0 amide bonds. The van der Waals surface area contributed by atoms with Crippen molar-refractivity contribution in [2.24, 2.45) is 0 Å². The lowest BCUT2D eigenvalue weighted by molar-refractivity contribution is 0.990. The Morgan fingerprint density at radius 1 is 1.00 bits per heavy atom. The Bertz CT molecular complexity index is 627. The van der Waals surface area contributed by atoms with Gasteiger partial charge in [-0.3, -0.25) is 0 Å². The lowest BCUT2D eigenvalue weighted by atomic mass is 9.94. The van der Waals surface area contributed by atoms with Gasteiger partial charge in [0.2, 0.25) is 0 Å². The molecule has 1 heterocycles. The summed E-state index contributed by atoms with van der Waals surface area (Å²) in [5.74, 6) is 0.864. The number of benzene rings is 1. The van der Waals surface area contributed by atoms with Crippen molar-refractivity contribution in [1.82, 2.24) is 9.97 Å². The molecule has 86 valence electrons. The molecule has 1 aromatic carbocycles. The molecule has 1 aliphatic carbocycles. The number of nitrogens with zero attached hydrogens (tertiary/aromatic N) is 2. The van der Waals surface area contributed by atoms with Gasteiger partial charge in [0.05, 0.1) is 5.69 Å². The molecule has 1 aromatic heterocycles. The quantitative estimate of drug-likeness (QED) is 0.585. The first kappa shape index (κ1) is 10.5. The molecule has 2 heteroatoms. The van der Waals surface area contributed by atoms with E-state index in [4.69, 9.17) is 0 Å². The Morgan fingerprint density at radius 3 is 2.53 bits per heavy atom. The first-order chi connectivity index (χ1) is 8.08. The Morgan fingerprint density at radius 2 is 1.76 bits per heavy atom. The number of hydrogen-bond acceptors (Lipinski definition) is 2. The van der Waals surface area contributed by atoms with Crippen LogP contribution in [0.4, 0.5) is 0 Å². The number of aromatic nitrogens is 2. The second-order valence-electron chi connectivity index (χ2n) is 4.92. The summed E-state index contributed by atoms with van der Waals surface area (Å²) < 4.78 is 0. The molecular weight excluding hydrogens is 208 g/mol. The summed E-state index contributed by atoms with van der Waals surface area (Å²) in [4.78, 5) is 8.88. The maximum atomic E-state index is 4.56. The summed E-state index contributed by atoms with van der Waals surface area (Å²) in [7, 11) is 0. The van der Waals surface area contributed by atoms with Crippen molar-refractivity contribution in [1.29, 1.82) is 0 Å². The molecule has 0 saturated carbocycles. The molecule has 0 saturated heterocycles. The van der Waals surface area contributed by atoms with E-state index in [2.05, 4.69) is 36.8 Å². The molecular formula is C15H16N2. The molecule has 3 rings (SSSR count). The highest BCUT2D eigenvalue weighted by Gasteiger charge is 2.23. The zero-order valence-electron chi connectivity index (χ0n) is 10.8. The summed E-state index contributed by atoms with van der Waals surface area (Å²) in [6.07, 6.45) is 2.93. The van der Waals surface area contributed by atoms with Crippen LogP contribution in [0.25, 0.3) is 11.1 Å².